The van der Waals surface area contributed by atoms with Crippen LogP contribution in [0.15, 0.2) is 0 Å². The smallest absolute Gasteiger partial charge is 0.242 e. The van der Waals surface area contributed by atoms with Crippen LogP contribution in [0.5, 0.6) is 0 Å². The van der Waals surface area contributed by atoms with Crippen molar-refractivity contribution in [3.05, 3.63) is 0 Å². The molecule has 0 aromatic rings. The molecule has 0 saturated carbocycles. The molecule has 1 fully saturated rings. The van der Waals surface area contributed by atoms with Gasteiger partial charge in [-0.25, -0.2) is 0 Å². The number of thioether (sulfide) groups is 1. The lowest BCUT2D eigenvalue weighted by atomic mass is 10.2. The Morgan fingerprint density at radius 1 is 1.80 bits per heavy atom. The van der Waals surface area contributed by atoms with Gasteiger partial charge in [0.2, 0.25) is 5.91 Å². The highest BCUT2D eigenvalue weighted by Gasteiger charge is 2.28. The highest BCUT2D eigenvalue weighted by molar-refractivity contribution is 14.1. The molecule has 1 saturated heterocycles. The Morgan fingerprint density at radius 2 is 2.50 bits per heavy atom. The summed E-state index contributed by atoms with van der Waals surface area (Å²) in [6.45, 7) is 0. The maximum absolute atomic E-state index is 10.9. The fourth-order valence-electron chi connectivity index (χ4n) is 0.771. The monoisotopic (exact) mass is 271 g/mol. The molecule has 1 aliphatic rings. The van der Waals surface area contributed by atoms with Crippen LogP contribution in [-0.4, -0.2) is 16.3 Å². The molecule has 10 heavy (non-hydrogen) atoms. The van der Waals surface area contributed by atoms with Crippen molar-refractivity contribution in [1.29, 1.82) is 0 Å². The van der Waals surface area contributed by atoms with Crippen molar-refractivity contribution >= 4 is 45.6 Å². The second-order valence-electron chi connectivity index (χ2n) is 1.98. The molecule has 1 rings (SSSR count). The van der Waals surface area contributed by atoms with Gasteiger partial charge in [-0.1, -0.05) is 11.8 Å². The fraction of sp³-hybridized carbons (Fsp3) is 0.600. The van der Waals surface area contributed by atoms with E-state index < -0.39 is 0 Å². The van der Waals surface area contributed by atoms with E-state index in [1.807, 2.05) is 0 Å². The maximum atomic E-state index is 10.9. The minimum absolute atomic E-state index is 0.0450. The van der Waals surface area contributed by atoms with Crippen molar-refractivity contribution in [3.63, 3.8) is 0 Å². The first kappa shape index (κ1) is 8.32. The van der Waals surface area contributed by atoms with Crippen LogP contribution in [0.1, 0.15) is 12.8 Å². The molecule has 0 radical (unpaired) electrons. The maximum Gasteiger partial charge on any atom is 0.242 e. The third-order valence-electron chi connectivity index (χ3n) is 1.27. The Labute approximate surface area is 76.8 Å². The second-order valence-corrected chi connectivity index (χ2v) is 3.78. The minimum Gasteiger partial charge on any atom is -0.298 e. The number of amides is 1. The molecule has 5 heteroatoms. The molecule has 1 atom stereocenters. The molecule has 0 aromatic carbocycles. The number of carbonyl (C=O) groups is 2. The first-order chi connectivity index (χ1) is 4.74. The van der Waals surface area contributed by atoms with E-state index in [2.05, 4.69) is 3.53 Å². The Morgan fingerprint density at radius 3 is 2.90 bits per heavy atom. The first-order valence-electron chi connectivity index (χ1n) is 2.84. The van der Waals surface area contributed by atoms with Crippen LogP contribution >= 0.6 is 34.6 Å². The molecule has 0 spiro atoms. The summed E-state index contributed by atoms with van der Waals surface area (Å²) in [4.78, 5) is 21.5. The number of hydrogen-bond donors (Lipinski definition) is 1. The largest absolute Gasteiger partial charge is 0.298 e. The van der Waals surface area contributed by atoms with Gasteiger partial charge in [-0.2, -0.15) is 0 Å². The van der Waals surface area contributed by atoms with Gasteiger partial charge in [0.25, 0.3) is 0 Å². The minimum atomic E-state index is -0.135. The summed E-state index contributed by atoms with van der Waals surface area (Å²) in [6, 6.07) is 0. The zero-order valence-electron chi connectivity index (χ0n) is 5.09. The van der Waals surface area contributed by atoms with Gasteiger partial charge >= 0.3 is 0 Å². The Kier molecular flexibility index (Phi) is 2.96. The van der Waals surface area contributed by atoms with Gasteiger partial charge in [-0.15, -0.1) is 0 Å². The van der Waals surface area contributed by atoms with Crippen molar-refractivity contribution < 1.29 is 9.59 Å². The number of carbonyl (C=O) groups excluding carboxylic acids is 2. The van der Waals surface area contributed by atoms with Crippen LogP contribution < -0.4 is 3.53 Å². The van der Waals surface area contributed by atoms with Crippen molar-refractivity contribution in [2.75, 3.05) is 0 Å². The van der Waals surface area contributed by atoms with Gasteiger partial charge in [0.15, 0.2) is 5.12 Å². The third kappa shape index (κ3) is 1.85. The van der Waals surface area contributed by atoms with E-state index in [1.165, 1.54) is 0 Å². The molecule has 0 aromatic heterocycles. The molecule has 0 bridgehead atoms. The summed E-state index contributed by atoms with van der Waals surface area (Å²) in [5, 5.41) is -0.00519. The van der Waals surface area contributed by atoms with Gasteiger partial charge < -0.3 is 0 Å². The number of nitrogens with one attached hydrogen (secondary N) is 1. The van der Waals surface area contributed by atoms with Crippen molar-refractivity contribution in [3.8, 4) is 0 Å². The number of halogens is 1. The molecule has 1 heterocycles. The van der Waals surface area contributed by atoms with E-state index >= 15 is 0 Å². The van der Waals surface area contributed by atoms with Crippen LogP contribution in [0.25, 0.3) is 0 Å². The second kappa shape index (κ2) is 3.56. The molecule has 56 valence electrons. The topological polar surface area (TPSA) is 46.2 Å². The average molecular weight is 271 g/mol. The van der Waals surface area contributed by atoms with Crippen molar-refractivity contribution in [2.45, 2.75) is 18.1 Å². The molecule has 3 nitrogen and oxygen atoms in total. The summed E-state index contributed by atoms with van der Waals surface area (Å²) < 4.78 is 2.49. The van der Waals surface area contributed by atoms with E-state index in [1.54, 1.807) is 22.9 Å². The predicted octanol–water partition coefficient (Wildman–Crippen LogP) is 0.875. The summed E-state index contributed by atoms with van der Waals surface area (Å²) in [7, 11) is 0. The lowest BCUT2D eigenvalue weighted by molar-refractivity contribution is -0.118. The Balaban J connectivity index is 2.44. The van der Waals surface area contributed by atoms with Gasteiger partial charge in [0.1, 0.15) is 0 Å². The van der Waals surface area contributed by atoms with E-state index in [9.17, 15) is 9.59 Å². The van der Waals surface area contributed by atoms with Crippen molar-refractivity contribution in [1.82, 2.24) is 3.53 Å². The van der Waals surface area contributed by atoms with E-state index in [4.69, 9.17) is 0 Å². The standard InChI is InChI=1S/C5H6INO2S/c6-7-5(9)3-1-2-4(8)10-3/h3H,1-2H2,(H,7,9). The normalized spacial score (nSPS) is 24.9. The Hall–Kier alpha value is 0.220. The molecule has 1 amide bonds. The van der Waals surface area contributed by atoms with Crippen LogP contribution in [-0.2, 0) is 9.59 Å². The highest BCUT2D eigenvalue weighted by Crippen LogP contribution is 2.27. The molecular formula is C5H6INO2S. The predicted molar refractivity (Wildman–Crippen MR) is 47.8 cm³/mol. The average Bonchev–Trinajstić information content (AvgIpc) is 2.34. The van der Waals surface area contributed by atoms with Gasteiger partial charge in [0.05, 0.1) is 28.1 Å². The van der Waals surface area contributed by atoms with Gasteiger partial charge in [-0.05, 0) is 6.42 Å². The zero-order valence-corrected chi connectivity index (χ0v) is 8.07. The van der Waals surface area contributed by atoms with Crippen LogP contribution in [0.3, 0.4) is 0 Å². The van der Waals surface area contributed by atoms with Crippen LogP contribution in [0.4, 0.5) is 0 Å². The molecule has 1 aliphatic heterocycles. The van der Waals surface area contributed by atoms with E-state index in [-0.39, 0.29) is 16.3 Å². The summed E-state index contributed by atoms with van der Waals surface area (Å²) in [5.74, 6) is -0.0450. The fourth-order valence-corrected chi connectivity index (χ4v) is 2.31. The highest BCUT2D eigenvalue weighted by atomic mass is 127. The summed E-state index contributed by atoms with van der Waals surface area (Å²) in [5.41, 5.74) is 0. The van der Waals surface area contributed by atoms with E-state index in [0.717, 1.165) is 11.8 Å². The lowest BCUT2D eigenvalue weighted by Gasteiger charge is -2.01. The quantitative estimate of drug-likeness (QED) is 0.568. The Bertz CT molecular complexity index is 173. The van der Waals surface area contributed by atoms with Crippen molar-refractivity contribution in [2.24, 2.45) is 0 Å². The molecule has 1 unspecified atom stereocenters. The van der Waals surface area contributed by atoms with Gasteiger partial charge in [0, 0.05) is 6.42 Å². The molecular weight excluding hydrogens is 265 g/mol. The van der Waals surface area contributed by atoms with Crippen LogP contribution in [0.2, 0.25) is 0 Å². The lowest BCUT2D eigenvalue weighted by Crippen LogP contribution is -2.23. The van der Waals surface area contributed by atoms with Crippen LogP contribution in [0, 0.1) is 0 Å². The first-order valence-corrected chi connectivity index (χ1v) is 4.80. The van der Waals surface area contributed by atoms with Gasteiger partial charge in [-0.3, -0.25) is 13.1 Å². The molecule has 1 N–H and O–H groups in total. The molecule has 0 aliphatic carbocycles. The summed E-state index contributed by atoms with van der Waals surface area (Å²) >= 11 is 2.93. The number of hydrogen-bond acceptors (Lipinski definition) is 3. The summed E-state index contributed by atoms with van der Waals surface area (Å²) in [6.07, 6.45) is 1.23. The zero-order chi connectivity index (χ0) is 7.56. The third-order valence-corrected chi connectivity index (χ3v) is 3.00. The van der Waals surface area contributed by atoms with E-state index in [0.29, 0.717) is 12.8 Å². The number of rotatable bonds is 1. The SMILES string of the molecule is O=C1CCC(C(=O)NI)S1.